The van der Waals surface area contributed by atoms with Gasteiger partial charge in [-0.15, -0.1) is 0 Å². The number of amides is 1. The lowest BCUT2D eigenvalue weighted by molar-refractivity contribution is 0.0733. The van der Waals surface area contributed by atoms with Crippen molar-refractivity contribution in [1.82, 2.24) is 14.9 Å². The molecular weight excluding hydrogens is 306 g/mol. The summed E-state index contributed by atoms with van der Waals surface area (Å²) >= 11 is 3.29. The van der Waals surface area contributed by atoms with Crippen molar-refractivity contribution in [2.24, 2.45) is 0 Å². The van der Waals surface area contributed by atoms with Crippen molar-refractivity contribution in [3.05, 3.63) is 58.1 Å². The third-order valence-electron chi connectivity index (χ3n) is 3.22. The number of hydrogen-bond acceptors (Lipinski definition) is 3. The Labute approximate surface area is 119 Å². The summed E-state index contributed by atoms with van der Waals surface area (Å²) in [6.07, 6.45) is 4.25. The van der Waals surface area contributed by atoms with Gasteiger partial charge in [0.2, 0.25) is 0 Å². The highest BCUT2D eigenvalue weighted by molar-refractivity contribution is 9.10. The molecule has 0 radical (unpaired) electrons. The lowest BCUT2D eigenvalue weighted by Crippen LogP contribution is -2.36. The molecule has 0 saturated carbocycles. The normalized spacial score (nSPS) is 14.1. The molecule has 96 valence electrons. The van der Waals surface area contributed by atoms with Crippen LogP contribution in [0.4, 0.5) is 0 Å². The van der Waals surface area contributed by atoms with E-state index in [2.05, 4.69) is 25.9 Å². The zero-order valence-electron chi connectivity index (χ0n) is 10.2. The van der Waals surface area contributed by atoms with Gasteiger partial charge in [0.1, 0.15) is 4.60 Å². The number of pyridine rings is 2. The second kappa shape index (κ2) is 5.09. The van der Waals surface area contributed by atoms with Gasteiger partial charge in [-0.1, -0.05) is 6.07 Å². The van der Waals surface area contributed by atoms with Crippen LogP contribution in [0.2, 0.25) is 0 Å². The Bertz CT molecular complexity index is 630. The molecule has 0 bridgehead atoms. The monoisotopic (exact) mass is 317 g/mol. The van der Waals surface area contributed by atoms with Gasteiger partial charge in [0, 0.05) is 43.2 Å². The first-order valence-electron chi connectivity index (χ1n) is 6.07. The molecule has 19 heavy (non-hydrogen) atoms. The summed E-state index contributed by atoms with van der Waals surface area (Å²) in [5, 5.41) is 0. The predicted molar refractivity (Wildman–Crippen MR) is 74.6 cm³/mol. The lowest BCUT2D eigenvalue weighted by Gasteiger charge is -2.28. The van der Waals surface area contributed by atoms with Crippen LogP contribution < -0.4 is 0 Å². The molecule has 3 rings (SSSR count). The molecule has 3 heterocycles. The van der Waals surface area contributed by atoms with Crippen molar-refractivity contribution >= 4 is 21.8 Å². The van der Waals surface area contributed by atoms with Crippen molar-refractivity contribution in [3.63, 3.8) is 0 Å². The molecular formula is C14H12BrN3O. The second-order valence-corrected chi connectivity index (χ2v) is 5.27. The Morgan fingerprint density at radius 3 is 3.00 bits per heavy atom. The van der Waals surface area contributed by atoms with E-state index in [0.717, 1.165) is 17.7 Å². The number of rotatable bonds is 1. The van der Waals surface area contributed by atoms with Gasteiger partial charge in [0.05, 0.1) is 0 Å². The molecule has 2 aromatic rings. The third kappa shape index (κ3) is 2.51. The van der Waals surface area contributed by atoms with Crippen LogP contribution in [0, 0.1) is 0 Å². The van der Waals surface area contributed by atoms with Crippen molar-refractivity contribution in [2.75, 3.05) is 6.54 Å². The molecule has 2 aromatic heterocycles. The summed E-state index contributed by atoms with van der Waals surface area (Å²) in [5.41, 5.74) is 2.90. The fraction of sp³-hybridized carbons (Fsp3) is 0.214. The Kier molecular flexibility index (Phi) is 3.29. The van der Waals surface area contributed by atoms with Crippen LogP contribution in [-0.4, -0.2) is 27.3 Å². The Balaban J connectivity index is 1.83. The molecule has 0 aliphatic carbocycles. The number of aromatic nitrogens is 2. The maximum absolute atomic E-state index is 12.4. The van der Waals surface area contributed by atoms with Gasteiger partial charge in [-0.05, 0) is 39.7 Å². The minimum absolute atomic E-state index is 0.0394. The fourth-order valence-corrected chi connectivity index (χ4v) is 2.62. The van der Waals surface area contributed by atoms with Crippen LogP contribution in [-0.2, 0) is 13.0 Å². The van der Waals surface area contributed by atoms with Crippen LogP contribution in [0.5, 0.6) is 0 Å². The number of hydrogen-bond donors (Lipinski definition) is 0. The van der Waals surface area contributed by atoms with Crippen LogP contribution in [0.25, 0.3) is 0 Å². The number of carbonyl (C=O) groups is 1. The lowest BCUT2D eigenvalue weighted by atomic mass is 10.0. The summed E-state index contributed by atoms with van der Waals surface area (Å²) in [5.74, 6) is 0.0394. The summed E-state index contributed by atoms with van der Waals surface area (Å²) in [7, 11) is 0. The van der Waals surface area contributed by atoms with E-state index in [4.69, 9.17) is 0 Å². The number of carbonyl (C=O) groups excluding carboxylic acids is 1. The SMILES string of the molecule is O=C(c1ccnc(Br)c1)N1CCc2ncccc2C1. The standard InChI is InChI=1S/C14H12BrN3O/c15-13-8-10(3-6-17-13)14(19)18-7-4-12-11(9-18)2-1-5-16-12/h1-3,5-6,8H,4,7,9H2. The second-order valence-electron chi connectivity index (χ2n) is 4.45. The van der Waals surface area contributed by atoms with E-state index < -0.39 is 0 Å². The summed E-state index contributed by atoms with van der Waals surface area (Å²) in [6.45, 7) is 1.34. The van der Waals surface area contributed by atoms with Crippen molar-refractivity contribution in [2.45, 2.75) is 13.0 Å². The van der Waals surface area contributed by atoms with E-state index in [9.17, 15) is 4.79 Å². The smallest absolute Gasteiger partial charge is 0.254 e. The zero-order chi connectivity index (χ0) is 13.2. The highest BCUT2D eigenvalue weighted by Crippen LogP contribution is 2.19. The van der Waals surface area contributed by atoms with Crippen molar-refractivity contribution in [3.8, 4) is 0 Å². The number of halogens is 1. The molecule has 4 nitrogen and oxygen atoms in total. The average Bonchev–Trinajstić information content (AvgIpc) is 2.46. The largest absolute Gasteiger partial charge is 0.334 e. The van der Waals surface area contributed by atoms with E-state index in [1.807, 2.05) is 17.0 Å². The maximum atomic E-state index is 12.4. The molecule has 1 aliphatic heterocycles. The van der Waals surface area contributed by atoms with Gasteiger partial charge >= 0.3 is 0 Å². The maximum Gasteiger partial charge on any atom is 0.254 e. The van der Waals surface area contributed by atoms with Gasteiger partial charge < -0.3 is 4.90 Å². The molecule has 0 aromatic carbocycles. The van der Waals surface area contributed by atoms with Crippen molar-refractivity contribution < 1.29 is 4.79 Å². The molecule has 5 heteroatoms. The molecule has 1 aliphatic rings. The van der Waals surface area contributed by atoms with Crippen LogP contribution in [0.15, 0.2) is 41.3 Å². The topological polar surface area (TPSA) is 46.1 Å². The average molecular weight is 318 g/mol. The molecule has 0 unspecified atom stereocenters. The van der Waals surface area contributed by atoms with Crippen molar-refractivity contribution in [1.29, 1.82) is 0 Å². The third-order valence-corrected chi connectivity index (χ3v) is 3.66. The number of nitrogens with zero attached hydrogens (tertiary/aromatic N) is 3. The highest BCUT2D eigenvalue weighted by atomic mass is 79.9. The minimum Gasteiger partial charge on any atom is -0.334 e. The van der Waals surface area contributed by atoms with Gasteiger partial charge in [0.25, 0.3) is 5.91 Å². The van der Waals surface area contributed by atoms with Gasteiger partial charge in [-0.3, -0.25) is 9.78 Å². The first kappa shape index (κ1) is 12.3. The van der Waals surface area contributed by atoms with Gasteiger partial charge in [0.15, 0.2) is 0 Å². The zero-order valence-corrected chi connectivity index (χ0v) is 11.8. The van der Waals surface area contributed by atoms with E-state index >= 15 is 0 Å². The van der Waals surface area contributed by atoms with E-state index in [-0.39, 0.29) is 5.91 Å². The minimum atomic E-state index is 0.0394. The first-order valence-corrected chi connectivity index (χ1v) is 6.87. The number of fused-ring (bicyclic) bond motifs is 1. The van der Waals surface area contributed by atoms with Gasteiger partial charge in [-0.2, -0.15) is 0 Å². The van der Waals surface area contributed by atoms with Crippen LogP contribution >= 0.6 is 15.9 Å². The fourth-order valence-electron chi connectivity index (χ4n) is 2.26. The van der Waals surface area contributed by atoms with Crippen LogP contribution in [0.3, 0.4) is 0 Å². The molecule has 0 N–H and O–H groups in total. The molecule has 0 saturated heterocycles. The van der Waals surface area contributed by atoms with Crippen LogP contribution in [0.1, 0.15) is 21.6 Å². The Hall–Kier alpha value is -1.75. The van der Waals surface area contributed by atoms with E-state index in [1.54, 1.807) is 24.5 Å². The molecule has 0 fully saturated rings. The Morgan fingerprint density at radius 2 is 2.16 bits per heavy atom. The molecule has 0 spiro atoms. The van der Waals surface area contributed by atoms with E-state index in [1.165, 1.54) is 0 Å². The van der Waals surface area contributed by atoms with Gasteiger partial charge in [-0.25, -0.2) is 4.98 Å². The Morgan fingerprint density at radius 1 is 1.26 bits per heavy atom. The summed E-state index contributed by atoms with van der Waals surface area (Å²) in [4.78, 5) is 22.7. The summed E-state index contributed by atoms with van der Waals surface area (Å²) in [6, 6.07) is 7.44. The summed E-state index contributed by atoms with van der Waals surface area (Å²) < 4.78 is 0.678. The molecule has 0 atom stereocenters. The van der Waals surface area contributed by atoms with E-state index in [0.29, 0.717) is 23.3 Å². The highest BCUT2D eigenvalue weighted by Gasteiger charge is 2.22. The molecule has 1 amide bonds. The quantitative estimate of drug-likeness (QED) is 0.759. The first-order chi connectivity index (χ1) is 9.24. The predicted octanol–water partition coefficient (Wildman–Crippen LogP) is 2.44.